The lowest BCUT2D eigenvalue weighted by molar-refractivity contribution is 0.281. The molecule has 0 aliphatic carbocycles. The van der Waals surface area contributed by atoms with Gasteiger partial charge in [-0.2, -0.15) is 8.61 Å². The van der Waals surface area contributed by atoms with Gasteiger partial charge in [0.15, 0.2) is 0 Å². The minimum Gasteiger partial charge on any atom is -0.495 e. The molecule has 2 aliphatic rings. The zero-order chi connectivity index (χ0) is 24.5. The Kier molecular flexibility index (Phi) is 7.18. The van der Waals surface area contributed by atoms with Crippen LogP contribution in [-0.2, 0) is 20.0 Å². The van der Waals surface area contributed by atoms with Gasteiger partial charge in [-0.3, -0.25) is 0 Å². The fourth-order valence-electron chi connectivity index (χ4n) is 4.54. The maximum absolute atomic E-state index is 13.6. The first-order valence-corrected chi connectivity index (χ1v) is 14.2. The number of sulfonamides is 2. The molecule has 2 aromatic carbocycles. The number of ether oxygens (including phenoxy) is 1. The first-order valence-electron chi connectivity index (χ1n) is 11.3. The van der Waals surface area contributed by atoms with Crippen molar-refractivity contribution in [2.75, 3.05) is 51.3 Å². The van der Waals surface area contributed by atoms with Crippen molar-refractivity contribution >= 4 is 25.7 Å². The van der Waals surface area contributed by atoms with E-state index >= 15 is 0 Å². The van der Waals surface area contributed by atoms with Gasteiger partial charge in [0, 0.05) is 39.3 Å². The lowest BCUT2D eigenvalue weighted by atomic mass is 10.0. The number of hydrogen-bond acceptors (Lipinski definition) is 6. The van der Waals surface area contributed by atoms with E-state index in [0.717, 1.165) is 18.9 Å². The average molecular weight is 512 g/mol. The molecule has 2 aromatic rings. The first kappa shape index (κ1) is 24.9. The van der Waals surface area contributed by atoms with Crippen molar-refractivity contribution in [3.8, 4) is 5.75 Å². The van der Waals surface area contributed by atoms with Gasteiger partial charge >= 0.3 is 0 Å². The van der Waals surface area contributed by atoms with Crippen molar-refractivity contribution in [2.45, 2.75) is 29.6 Å². The van der Waals surface area contributed by atoms with E-state index in [-0.39, 0.29) is 22.9 Å². The number of anilines is 1. The zero-order valence-electron chi connectivity index (χ0n) is 19.4. The van der Waals surface area contributed by atoms with Crippen molar-refractivity contribution in [3.05, 3.63) is 48.3 Å². The summed E-state index contributed by atoms with van der Waals surface area (Å²) in [6.07, 6.45) is 1.86. The Morgan fingerprint density at radius 1 is 0.882 bits per heavy atom. The Morgan fingerprint density at radius 2 is 1.56 bits per heavy atom. The van der Waals surface area contributed by atoms with Gasteiger partial charge in [-0.1, -0.05) is 13.0 Å². The second-order valence-corrected chi connectivity index (χ2v) is 12.7. The molecule has 34 heavy (non-hydrogen) atoms. The SMILES string of the molecule is COc1ccc(S(=O)(=O)N2CCCC(C)C2)cc1N1CCN(S(=O)(=O)c2cccc(F)c2)CC1. The van der Waals surface area contributed by atoms with E-state index in [2.05, 4.69) is 6.92 Å². The molecule has 11 heteroatoms. The van der Waals surface area contributed by atoms with Crippen LogP contribution in [-0.4, -0.2) is 71.8 Å². The predicted octanol–water partition coefficient (Wildman–Crippen LogP) is 2.77. The number of rotatable bonds is 6. The van der Waals surface area contributed by atoms with E-state index < -0.39 is 25.9 Å². The highest BCUT2D eigenvalue weighted by Gasteiger charge is 2.32. The van der Waals surface area contributed by atoms with Crippen LogP contribution in [0.25, 0.3) is 0 Å². The molecule has 1 atom stereocenters. The third kappa shape index (κ3) is 4.93. The zero-order valence-corrected chi connectivity index (χ0v) is 21.0. The largest absolute Gasteiger partial charge is 0.495 e. The van der Waals surface area contributed by atoms with Crippen LogP contribution < -0.4 is 9.64 Å². The molecule has 8 nitrogen and oxygen atoms in total. The van der Waals surface area contributed by atoms with Gasteiger partial charge in [-0.05, 0) is 55.2 Å². The standard InChI is InChI=1S/C23H30FN3O5S2/c1-18-5-4-10-27(17-18)34(30,31)21-8-9-23(32-2)22(16-21)25-11-13-26(14-12-25)33(28,29)20-7-3-6-19(24)15-20/h3,6-9,15-16,18H,4-5,10-14,17H2,1-2H3. The van der Waals surface area contributed by atoms with Crippen LogP contribution in [0.4, 0.5) is 10.1 Å². The molecule has 2 saturated heterocycles. The Labute approximate surface area is 201 Å². The maximum atomic E-state index is 13.6. The summed E-state index contributed by atoms with van der Waals surface area (Å²) >= 11 is 0. The van der Waals surface area contributed by atoms with Crippen molar-refractivity contribution < 1.29 is 26.0 Å². The van der Waals surface area contributed by atoms with Crippen molar-refractivity contribution in [1.29, 1.82) is 0 Å². The van der Waals surface area contributed by atoms with Gasteiger partial charge in [0.2, 0.25) is 20.0 Å². The Bertz CT molecular complexity index is 1250. The third-order valence-electron chi connectivity index (χ3n) is 6.42. The van der Waals surface area contributed by atoms with Gasteiger partial charge in [-0.15, -0.1) is 0 Å². The molecule has 1 unspecified atom stereocenters. The Hall–Kier alpha value is -2.21. The molecule has 0 radical (unpaired) electrons. The highest BCUT2D eigenvalue weighted by molar-refractivity contribution is 7.89. The second kappa shape index (κ2) is 9.80. The number of methoxy groups -OCH3 is 1. The summed E-state index contributed by atoms with van der Waals surface area (Å²) in [4.78, 5) is 2.04. The summed E-state index contributed by atoms with van der Waals surface area (Å²) < 4.78 is 74.3. The van der Waals surface area contributed by atoms with Crippen LogP contribution in [0.1, 0.15) is 19.8 Å². The summed E-state index contributed by atoms with van der Waals surface area (Å²) in [5.41, 5.74) is 0.608. The Morgan fingerprint density at radius 3 is 2.21 bits per heavy atom. The second-order valence-electron chi connectivity index (χ2n) is 8.79. The van der Waals surface area contributed by atoms with E-state index in [9.17, 15) is 21.2 Å². The summed E-state index contributed by atoms with van der Waals surface area (Å²) in [5, 5.41) is 0. The van der Waals surface area contributed by atoms with Crippen LogP contribution in [0.5, 0.6) is 5.75 Å². The summed E-state index contributed by atoms with van der Waals surface area (Å²) in [6, 6.07) is 9.79. The number of halogens is 1. The number of piperidine rings is 1. The van der Waals surface area contributed by atoms with Gasteiger partial charge in [0.1, 0.15) is 11.6 Å². The van der Waals surface area contributed by atoms with E-state index in [4.69, 9.17) is 4.74 Å². The third-order valence-corrected chi connectivity index (χ3v) is 10.2. The number of piperazine rings is 1. The monoisotopic (exact) mass is 511 g/mol. The quantitative estimate of drug-likeness (QED) is 0.593. The van der Waals surface area contributed by atoms with Crippen LogP contribution in [0.2, 0.25) is 0 Å². The van der Waals surface area contributed by atoms with Crippen LogP contribution in [0.3, 0.4) is 0 Å². The summed E-state index contributed by atoms with van der Waals surface area (Å²) in [6.45, 7) is 4.11. The molecule has 0 N–H and O–H groups in total. The van der Waals surface area contributed by atoms with Gasteiger partial charge in [0.25, 0.3) is 0 Å². The van der Waals surface area contributed by atoms with Crippen LogP contribution >= 0.6 is 0 Å². The number of hydrogen-bond donors (Lipinski definition) is 0. The average Bonchev–Trinajstić information content (AvgIpc) is 2.83. The molecular formula is C23H30FN3O5S2. The highest BCUT2D eigenvalue weighted by atomic mass is 32.2. The lowest BCUT2D eigenvalue weighted by Crippen LogP contribution is -2.48. The molecule has 0 spiro atoms. The highest BCUT2D eigenvalue weighted by Crippen LogP contribution is 2.34. The maximum Gasteiger partial charge on any atom is 0.243 e. The smallest absolute Gasteiger partial charge is 0.243 e. The molecule has 0 saturated carbocycles. The number of nitrogens with zero attached hydrogens (tertiary/aromatic N) is 3. The molecule has 4 rings (SSSR count). The van der Waals surface area contributed by atoms with E-state index in [0.29, 0.717) is 43.5 Å². The van der Waals surface area contributed by atoms with Gasteiger partial charge in [0.05, 0.1) is 22.6 Å². The first-order chi connectivity index (χ1) is 16.1. The van der Waals surface area contributed by atoms with Crippen LogP contribution in [0, 0.1) is 11.7 Å². The number of benzene rings is 2. The van der Waals surface area contributed by atoms with Gasteiger partial charge in [-0.25, -0.2) is 21.2 Å². The van der Waals surface area contributed by atoms with E-state index in [1.165, 1.54) is 33.9 Å². The fraction of sp³-hybridized carbons (Fsp3) is 0.478. The van der Waals surface area contributed by atoms with Crippen molar-refractivity contribution in [3.63, 3.8) is 0 Å². The minimum absolute atomic E-state index is 0.0811. The topological polar surface area (TPSA) is 87.2 Å². The molecule has 0 bridgehead atoms. The molecule has 2 aliphatic heterocycles. The predicted molar refractivity (Wildman–Crippen MR) is 128 cm³/mol. The molecular weight excluding hydrogens is 481 g/mol. The van der Waals surface area contributed by atoms with E-state index in [1.807, 2.05) is 4.90 Å². The van der Waals surface area contributed by atoms with Crippen LogP contribution in [0.15, 0.2) is 52.3 Å². The molecule has 0 amide bonds. The minimum atomic E-state index is -3.82. The summed E-state index contributed by atoms with van der Waals surface area (Å²) in [7, 11) is -5.95. The van der Waals surface area contributed by atoms with Crippen molar-refractivity contribution in [1.82, 2.24) is 8.61 Å². The molecule has 0 aromatic heterocycles. The lowest BCUT2D eigenvalue weighted by Gasteiger charge is -2.36. The Balaban J connectivity index is 1.55. The fourth-order valence-corrected chi connectivity index (χ4v) is 7.61. The van der Waals surface area contributed by atoms with E-state index in [1.54, 1.807) is 18.2 Å². The van der Waals surface area contributed by atoms with Gasteiger partial charge < -0.3 is 9.64 Å². The molecule has 2 fully saturated rings. The molecule has 2 heterocycles. The summed E-state index contributed by atoms with van der Waals surface area (Å²) in [5.74, 6) is 0.229. The normalized spacial score (nSPS) is 20.9. The molecule has 186 valence electrons. The van der Waals surface area contributed by atoms with Crippen molar-refractivity contribution in [2.24, 2.45) is 5.92 Å².